The van der Waals surface area contributed by atoms with Crippen LogP contribution in [0, 0.1) is 36.9 Å². The number of hydrogen-bond donors (Lipinski definition) is 1. The second-order valence-electron chi connectivity index (χ2n) is 18.0. The van der Waals surface area contributed by atoms with E-state index in [2.05, 4.69) is 31.7 Å². The molecule has 2 saturated carbocycles. The Kier molecular flexibility index (Phi) is 13.9. The van der Waals surface area contributed by atoms with Gasteiger partial charge in [-0.2, -0.15) is 0 Å². The van der Waals surface area contributed by atoms with Gasteiger partial charge in [-0.3, -0.25) is 19.1 Å². The van der Waals surface area contributed by atoms with Gasteiger partial charge in [0.2, 0.25) is 21.8 Å². The summed E-state index contributed by atoms with van der Waals surface area (Å²) in [7, 11) is -2.27. The van der Waals surface area contributed by atoms with Crippen LogP contribution in [0.25, 0.3) is 21.6 Å². The molecule has 11 nitrogen and oxygen atoms in total. The van der Waals surface area contributed by atoms with Crippen LogP contribution >= 0.6 is 11.3 Å². The number of thiazole rings is 1. The van der Waals surface area contributed by atoms with Crippen molar-refractivity contribution in [2.45, 2.75) is 122 Å². The molecule has 2 amide bonds. The molecule has 0 spiro atoms. The van der Waals surface area contributed by atoms with Crippen molar-refractivity contribution in [1.29, 1.82) is 0 Å². The maximum Gasteiger partial charge on any atom is 0.240 e. The van der Waals surface area contributed by atoms with Crippen LogP contribution in [0.3, 0.4) is 0 Å². The molecule has 63 heavy (non-hydrogen) atoms. The van der Waals surface area contributed by atoms with Crippen LogP contribution in [0.2, 0.25) is 0 Å². The minimum absolute atomic E-state index is 0.0769. The lowest BCUT2D eigenvalue weighted by molar-refractivity contribution is -0.142. The van der Waals surface area contributed by atoms with Gasteiger partial charge >= 0.3 is 0 Å². The van der Waals surface area contributed by atoms with Gasteiger partial charge in [-0.1, -0.05) is 44.9 Å². The van der Waals surface area contributed by atoms with Crippen LogP contribution in [-0.2, 0) is 30.8 Å². The zero-order chi connectivity index (χ0) is 45.2. The molecule has 2 aromatic heterocycles. The highest BCUT2D eigenvalue weighted by Crippen LogP contribution is 2.57. The summed E-state index contributed by atoms with van der Waals surface area (Å²) in [6.07, 6.45) is 8.10. The van der Waals surface area contributed by atoms with E-state index in [9.17, 15) is 22.4 Å². The minimum Gasteiger partial charge on any atom is -0.496 e. The summed E-state index contributed by atoms with van der Waals surface area (Å²) in [6, 6.07) is 9.42. The summed E-state index contributed by atoms with van der Waals surface area (Å²) in [5.74, 6) is -1.28. The van der Waals surface area contributed by atoms with Crippen molar-refractivity contribution in [3.63, 3.8) is 0 Å². The van der Waals surface area contributed by atoms with Gasteiger partial charge in [-0.05, 0) is 106 Å². The van der Waals surface area contributed by atoms with E-state index in [0.717, 1.165) is 52.9 Å². The van der Waals surface area contributed by atoms with Crippen LogP contribution in [-0.4, -0.2) is 71.9 Å². The fourth-order valence-electron chi connectivity index (χ4n) is 9.01. The normalized spacial score (nSPS) is 21.3. The monoisotopic (exact) mass is 898 g/mol. The number of halogens is 1. The predicted molar refractivity (Wildman–Crippen MR) is 245 cm³/mol. The number of likely N-dealkylation sites (tertiary alicyclic amines) is 1. The fourth-order valence-corrected chi connectivity index (χ4v) is 11.3. The number of sulfonamides is 1. The van der Waals surface area contributed by atoms with Crippen molar-refractivity contribution in [3.05, 3.63) is 95.3 Å². The first-order chi connectivity index (χ1) is 30.1. The lowest BCUT2D eigenvalue weighted by Gasteiger charge is -2.29. The van der Waals surface area contributed by atoms with E-state index in [0.29, 0.717) is 47.5 Å². The largest absolute Gasteiger partial charge is 0.496 e. The molecule has 5 atom stereocenters. The number of nitrogens with zero attached hydrogens (tertiary/aromatic N) is 3. The van der Waals surface area contributed by atoms with E-state index >= 15 is 4.79 Å². The molecule has 0 radical (unpaired) electrons. The van der Waals surface area contributed by atoms with E-state index in [1.54, 1.807) is 18.1 Å². The van der Waals surface area contributed by atoms with E-state index in [1.165, 1.54) is 23.5 Å². The number of carbonyl (C=O) groups is 3. The number of hydrogen-bond acceptors (Lipinski definition) is 10. The maximum absolute atomic E-state index is 15.1. The molecular weight excluding hydrogens is 840 g/mol. The molecule has 14 heteroatoms. The molecule has 1 aliphatic heterocycles. The summed E-state index contributed by atoms with van der Waals surface area (Å²) in [4.78, 5) is 55.2. The Balaban J connectivity index is 1.24. The molecule has 3 aliphatic rings. The quantitative estimate of drug-likeness (QED) is 0.0639. The van der Waals surface area contributed by atoms with Crippen LogP contribution in [0.1, 0.15) is 106 Å². The fraction of sp³-hybridized carbons (Fsp3) is 0.490. The number of fused-ring (bicyclic) bond motifs is 1. The number of rotatable bonds is 21. The van der Waals surface area contributed by atoms with E-state index < -0.39 is 50.6 Å². The van der Waals surface area contributed by atoms with Crippen LogP contribution < -0.4 is 14.2 Å². The molecular formula is C49H59FN4O7S2. The number of ketones is 1. The maximum atomic E-state index is 15.1. The van der Waals surface area contributed by atoms with Crippen LogP contribution in [0.4, 0.5) is 4.39 Å². The predicted octanol–water partition coefficient (Wildman–Crippen LogP) is 9.35. The topological polar surface area (TPSA) is 145 Å². The number of carbonyl (C=O) groups excluding carboxylic acids is 3. The van der Waals surface area contributed by atoms with Gasteiger partial charge in [-0.15, -0.1) is 24.5 Å². The number of benzene rings is 2. The average molecular weight is 899 g/mol. The summed E-state index contributed by atoms with van der Waals surface area (Å²) in [5.41, 5.74) is 3.18. The zero-order valence-electron chi connectivity index (χ0n) is 37.0. The lowest BCUT2D eigenvalue weighted by Crippen LogP contribution is -2.46. The highest BCUT2D eigenvalue weighted by Gasteiger charge is 2.61. The van der Waals surface area contributed by atoms with Crippen molar-refractivity contribution >= 4 is 49.9 Å². The van der Waals surface area contributed by atoms with E-state index in [4.69, 9.17) is 19.4 Å². The molecule has 3 fully saturated rings. The Labute approximate surface area is 374 Å². The molecule has 2 aliphatic carbocycles. The van der Waals surface area contributed by atoms with E-state index in [-0.39, 0.29) is 55.7 Å². The van der Waals surface area contributed by atoms with Gasteiger partial charge in [0.25, 0.3) is 0 Å². The molecule has 3 heterocycles. The summed E-state index contributed by atoms with van der Waals surface area (Å²) >= 11 is 1.49. The number of amides is 2. The third-order valence-corrected chi connectivity index (χ3v) is 15.6. The van der Waals surface area contributed by atoms with E-state index in [1.807, 2.05) is 49.6 Å². The number of Topliss-reactive ketones (excluding diaryl/α,β-unsaturated/α-hetero) is 1. The Hall–Kier alpha value is -4.95. The number of pyridine rings is 1. The number of aryl methyl sites for hydroxylation is 2. The first kappa shape index (κ1) is 46.1. The van der Waals surface area contributed by atoms with Gasteiger partial charge in [0.05, 0.1) is 41.6 Å². The smallest absolute Gasteiger partial charge is 0.240 e. The Morgan fingerprint density at radius 1 is 1.06 bits per heavy atom. The second kappa shape index (κ2) is 19.0. The highest BCUT2D eigenvalue weighted by atomic mass is 32.2. The summed E-state index contributed by atoms with van der Waals surface area (Å²) in [6.45, 7) is 15.7. The van der Waals surface area contributed by atoms with Gasteiger partial charge in [0, 0.05) is 41.2 Å². The highest BCUT2D eigenvalue weighted by molar-refractivity contribution is 7.90. The molecule has 4 aromatic rings. The van der Waals surface area contributed by atoms with Crippen molar-refractivity contribution in [2.75, 3.05) is 13.7 Å². The van der Waals surface area contributed by atoms with Crippen LogP contribution in [0.15, 0.2) is 67.1 Å². The number of ether oxygens (including phenoxy) is 2. The molecule has 2 aromatic carbocycles. The molecule has 7 rings (SSSR count). The molecule has 336 valence electrons. The standard InChI is InChI=1S/C49H59FN4O7S2/c1-8-10-11-12-13-14-33(21-32-19-30(5)20-35(50)22-32)47(56)54-27-36(23-41(54)42(55)26-49(25-34(49)9-2)48(57)53-63(58,59)37-15-16-37)61-44-24-39(46-52-40(28-62-46)29(3)4)51-45-31(6)43(60-7)18-17-38(44)45/h8-9,17-20,22,24,28-29,33-34,36-37,41H,1-2,10-16,21,23,25-27H2,3-7H3,(H,53,57)/t33-,34-,36-,41+,49-/m1/s1. The third kappa shape index (κ3) is 10.2. The van der Waals surface area contributed by atoms with Crippen molar-refractivity contribution < 1.29 is 36.7 Å². The first-order valence-electron chi connectivity index (χ1n) is 22.1. The number of unbranched alkanes of at least 4 members (excludes halogenated alkanes) is 3. The SMILES string of the molecule is C=CCCCCC[C@H](Cc1cc(C)cc(F)c1)C(=O)N1C[C@H](Oc2cc(-c3nc(C(C)C)cs3)nc3c(C)c(OC)ccc23)C[C@H]1C(=O)C[C@]1(C(=O)NS(=O)(=O)C2CC2)C[C@H]1C=C. The minimum atomic E-state index is -3.88. The second-order valence-corrected chi connectivity index (χ2v) is 20.8. The molecule has 0 bridgehead atoms. The number of aromatic nitrogens is 2. The molecule has 1 saturated heterocycles. The van der Waals surface area contributed by atoms with Gasteiger partial charge in [0.15, 0.2) is 5.78 Å². The zero-order valence-corrected chi connectivity index (χ0v) is 38.6. The lowest BCUT2D eigenvalue weighted by atomic mass is 9.89. The first-order valence-corrected chi connectivity index (χ1v) is 24.5. The summed E-state index contributed by atoms with van der Waals surface area (Å²) < 4.78 is 55.4. The van der Waals surface area contributed by atoms with Gasteiger partial charge in [-0.25, -0.2) is 22.8 Å². The Bertz CT molecular complexity index is 2500. The van der Waals surface area contributed by atoms with Crippen LogP contribution in [0.5, 0.6) is 11.5 Å². The Morgan fingerprint density at radius 2 is 1.84 bits per heavy atom. The van der Waals surface area contributed by atoms with Crippen molar-refractivity contribution in [2.24, 2.45) is 17.3 Å². The Morgan fingerprint density at radius 3 is 2.49 bits per heavy atom. The number of methoxy groups -OCH3 is 1. The molecule has 0 unspecified atom stereocenters. The van der Waals surface area contributed by atoms with Gasteiger partial charge < -0.3 is 14.4 Å². The summed E-state index contributed by atoms with van der Waals surface area (Å²) in [5, 5.41) is 2.85. The van der Waals surface area contributed by atoms with Crippen molar-refractivity contribution in [1.82, 2.24) is 19.6 Å². The molecule has 1 N–H and O–H groups in total. The number of allylic oxidation sites excluding steroid dienone is 2. The number of nitrogens with one attached hydrogen (secondary N) is 1. The van der Waals surface area contributed by atoms with Crippen molar-refractivity contribution in [3.8, 4) is 22.2 Å². The van der Waals surface area contributed by atoms with Gasteiger partial charge in [0.1, 0.15) is 34.1 Å². The average Bonchev–Trinajstić information content (AvgIpc) is 4.12. The third-order valence-electron chi connectivity index (χ3n) is 12.9.